The molecule has 8 atom stereocenters. The van der Waals surface area contributed by atoms with Crippen molar-refractivity contribution in [3.63, 3.8) is 0 Å². The fourth-order valence-electron chi connectivity index (χ4n) is 9.38. The van der Waals surface area contributed by atoms with Crippen LogP contribution >= 0.6 is 0 Å². The lowest BCUT2D eigenvalue weighted by Crippen LogP contribution is -2.51. The van der Waals surface area contributed by atoms with E-state index in [0.717, 1.165) is 48.3 Å². The molecule has 208 valence electrons. The van der Waals surface area contributed by atoms with Gasteiger partial charge in [-0.3, -0.25) is 0 Å². The third-order valence-electron chi connectivity index (χ3n) is 11.9. The van der Waals surface area contributed by atoms with Gasteiger partial charge in [0.2, 0.25) is 0 Å². The van der Waals surface area contributed by atoms with Gasteiger partial charge in [-0.2, -0.15) is 0 Å². The Morgan fingerprint density at radius 1 is 0.944 bits per heavy atom. The lowest BCUT2D eigenvalue weighted by atomic mass is 9.47. The minimum atomic E-state index is -0.939. The zero-order valence-corrected chi connectivity index (χ0v) is 24.0. The van der Waals surface area contributed by atoms with Crippen molar-refractivity contribution in [2.24, 2.45) is 51.8 Å². The van der Waals surface area contributed by atoms with Crippen molar-refractivity contribution in [2.75, 3.05) is 26.4 Å². The number of hydrogen-bond acceptors (Lipinski definition) is 4. The number of aliphatic hydroxyl groups is 3. The second-order valence-electron chi connectivity index (χ2n) is 14.4. The number of aliphatic hydroxyl groups excluding tert-OH is 3. The zero-order valence-electron chi connectivity index (χ0n) is 24.0. The summed E-state index contributed by atoms with van der Waals surface area (Å²) in [5.74, 6) is 5.12. The molecular formula is C32H56O4. The highest BCUT2D eigenvalue weighted by Gasteiger charge is 2.59. The first kappa shape index (κ1) is 28.6. The van der Waals surface area contributed by atoms with Crippen LogP contribution in [0.3, 0.4) is 0 Å². The van der Waals surface area contributed by atoms with Gasteiger partial charge in [-0.25, -0.2) is 0 Å². The molecule has 4 nitrogen and oxygen atoms in total. The number of ether oxygens (including phenoxy) is 1. The molecule has 36 heavy (non-hydrogen) atoms. The van der Waals surface area contributed by atoms with Crippen molar-refractivity contribution in [1.29, 1.82) is 0 Å². The van der Waals surface area contributed by atoms with E-state index in [-0.39, 0.29) is 32.5 Å². The van der Waals surface area contributed by atoms with Crippen LogP contribution in [0.2, 0.25) is 0 Å². The lowest BCUT2D eigenvalue weighted by Gasteiger charge is -2.58. The number of fused-ring (bicyclic) bond motifs is 5. The summed E-state index contributed by atoms with van der Waals surface area (Å²) in [6, 6.07) is 0. The van der Waals surface area contributed by atoms with E-state index in [0.29, 0.717) is 10.8 Å². The van der Waals surface area contributed by atoms with Crippen LogP contribution in [0.5, 0.6) is 0 Å². The van der Waals surface area contributed by atoms with Crippen molar-refractivity contribution < 1.29 is 20.1 Å². The summed E-state index contributed by atoms with van der Waals surface area (Å²) in [5.41, 5.74) is 1.49. The molecule has 4 heteroatoms. The largest absolute Gasteiger partial charge is 0.396 e. The van der Waals surface area contributed by atoms with E-state index in [1.54, 1.807) is 5.57 Å². The predicted octanol–water partition coefficient (Wildman–Crippen LogP) is 6.38. The molecule has 3 saturated carbocycles. The second kappa shape index (κ2) is 11.4. The Morgan fingerprint density at radius 2 is 1.67 bits per heavy atom. The second-order valence-corrected chi connectivity index (χ2v) is 14.4. The van der Waals surface area contributed by atoms with Crippen LogP contribution in [-0.4, -0.2) is 47.9 Å². The van der Waals surface area contributed by atoms with Crippen molar-refractivity contribution in [2.45, 2.75) is 111 Å². The third kappa shape index (κ3) is 5.23. The molecule has 0 heterocycles. The summed E-state index contributed by atoms with van der Waals surface area (Å²) < 4.78 is 6.20. The van der Waals surface area contributed by atoms with Gasteiger partial charge >= 0.3 is 0 Å². The quantitative estimate of drug-likeness (QED) is 0.286. The minimum absolute atomic E-state index is 0.126. The van der Waals surface area contributed by atoms with Crippen LogP contribution in [0, 0.1) is 51.8 Å². The first-order valence-corrected chi connectivity index (χ1v) is 15.3. The predicted molar refractivity (Wildman–Crippen MR) is 146 cm³/mol. The first-order chi connectivity index (χ1) is 17.1. The third-order valence-corrected chi connectivity index (χ3v) is 11.9. The fraction of sp³-hybridized carbons (Fsp3) is 0.938. The van der Waals surface area contributed by atoms with E-state index in [1.165, 1.54) is 57.8 Å². The van der Waals surface area contributed by atoms with Gasteiger partial charge in [0.1, 0.15) is 0 Å². The highest BCUT2D eigenvalue weighted by atomic mass is 16.5. The Labute approximate surface area is 221 Å². The molecule has 0 saturated heterocycles. The van der Waals surface area contributed by atoms with Crippen molar-refractivity contribution in [3.05, 3.63) is 11.6 Å². The Kier molecular flexibility index (Phi) is 9.02. The number of hydrogen-bond donors (Lipinski definition) is 3. The summed E-state index contributed by atoms with van der Waals surface area (Å²) in [7, 11) is 0. The van der Waals surface area contributed by atoms with Gasteiger partial charge in [0.25, 0.3) is 0 Å². The zero-order chi connectivity index (χ0) is 26.1. The molecule has 0 aromatic carbocycles. The maximum absolute atomic E-state index is 9.67. The summed E-state index contributed by atoms with van der Waals surface area (Å²) in [6.45, 7) is 11.9. The van der Waals surface area contributed by atoms with Gasteiger partial charge in [-0.15, -0.1) is 0 Å². The molecule has 4 unspecified atom stereocenters. The summed E-state index contributed by atoms with van der Waals surface area (Å²) in [6.07, 6.45) is 17.0. The molecule has 0 bridgehead atoms. The van der Waals surface area contributed by atoms with Crippen LogP contribution in [0.1, 0.15) is 105 Å². The van der Waals surface area contributed by atoms with Crippen molar-refractivity contribution >= 4 is 0 Å². The van der Waals surface area contributed by atoms with Crippen LogP contribution in [-0.2, 0) is 4.74 Å². The smallest absolute Gasteiger partial charge is 0.0629 e. The molecule has 0 radical (unpaired) electrons. The van der Waals surface area contributed by atoms with Gasteiger partial charge in [0.05, 0.1) is 37.9 Å². The molecule has 0 aliphatic heterocycles. The maximum atomic E-state index is 9.67. The normalized spacial score (nSPS) is 39.4. The average molecular weight is 505 g/mol. The van der Waals surface area contributed by atoms with Gasteiger partial charge in [0.15, 0.2) is 0 Å². The van der Waals surface area contributed by atoms with Crippen LogP contribution in [0.25, 0.3) is 0 Å². The molecule has 0 amide bonds. The first-order valence-electron chi connectivity index (χ1n) is 15.3. The minimum Gasteiger partial charge on any atom is -0.396 e. The van der Waals surface area contributed by atoms with Crippen LogP contribution in [0.4, 0.5) is 0 Å². The van der Waals surface area contributed by atoms with Crippen LogP contribution in [0.15, 0.2) is 11.6 Å². The Hall–Kier alpha value is -0.420. The van der Waals surface area contributed by atoms with Gasteiger partial charge in [0, 0.05) is 0 Å². The highest BCUT2D eigenvalue weighted by molar-refractivity contribution is 5.25. The molecule has 3 N–H and O–H groups in total. The molecule has 0 aromatic heterocycles. The van der Waals surface area contributed by atoms with Crippen molar-refractivity contribution in [1.82, 2.24) is 0 Å². The monoisotopic (exact) mass is 504 g/mol. The van der Waals surface area contributed by atoms with E-state index in [9.17, 15) is 15.3 Å². The fourth-order valence-corrected chi connectivity index (χ4v) is 9.38. The number of rotatable bonds is 11. The summed E-state index contributed by atoms with van der Waals surface area (Å²) in [4.78, 5) is 0. The molecule has 4 aliphatic rings. The Morgan fingerprint density at radius 3 is 2.33 bits per heavy atom. The Balaban J connectivity index is 1.41. The summed E-state index contributed by atoms with van der Waals surface area (Å²) >= 11 is 0. The SMILES string of the molecule is CC(C)CCC[C@@H](C)[C@H]1CCC2C3CC=C4CC(OCC(CO)(CO)CO)CC[C@]4(C)C3CC[C@@]21C. The van der Waals surface area contributed by atoms with E-state index in [4.69, 9.17) is 4.74 Å². The van der Waals surface area contributed by atoms with Crippen molar-refractivity contribution in [3.8, 4) is 0 Å². The molecular weight excluding hydrogens is 448 g/mol. The Bertz CT molecular complexity index is 749. The molecule has 4 aliphatic carbocycles. The molecule has 4 rings (SSSR count). The molecule has 0 spiro atoms. The number of allylic oxidation sites excluding steroid dienone is 1. The summed E-state index contributed by atoms with van der Waals surface area (Å²) in [5, 5.41) is 29.0. The highest BCUT2D eigenvalue weighted by Crippen LogP contribution is 2.67. The van der Waals surface area contributed by atoms with E-state index < -0.39 is 5.41 Å². The topological polar surface area (TPSA) is 69.9 Å². The lowest BCUT2D eigenvalue weighted by molar-refractivity contribution is -0.0980. The van der Waals surface area contributed by atoms with E-state index in [1.807, 2.05) is 0 Å². The van der Waals surface area contributed by atoms with Gasteiger partial charge in [-0.05, 0) is 97.7 Å². The van der Waals surface area contributed by atoms with Crippen LogP contribution < -0.4 is 0 Å². The maximum Gasteiger partial charge on any atom is 0.0629 e. The van der Waals surface area contributed by atoms with E-state index >= 15 is 0 Å². The van der Waals surface area contributed by atoms with Gasteiger partial charge in [-0.1, -0.05) is 65.5 Å². The molecule has 3 fully saturated rings. The standard InChI is InChI=1S/C32H56O4/c1-22(2)7-6-8-23(3)27-11-12-28-26-10-9-24-17-25(36-21-32(18-33,19-34)20-35)13-15-30(24,4)29(26)14-16-31(27,28)5/h9,22-23,25-29,33-35H,6-8,10-21H2,1-5H3/t23-,25?,26?,27-,28?,29?,30+,31-/m1/s1. The van der Waals surface area contributed by atoms with Gasteiger partial charge < -0.3 is 20.1 Å². The average Bonchev–Trinajstić information content (AvgIpc) is 3.22. The van der Waals surface area contributed by atoms with E-state index in [2.05, 4.69) is 40.7 Å². The molecule has 0 aromatic rings.